The molecule has 0 spiro atoms. The summed E-state index contributed by atoms with van der Waals surface area (Å²) in [7, 11) is 0. The lowest BCUT2D eigenvalue weighted by Gasteiger charge is -2.41. The fourth-order valence-corrected chi connectivity index (χ4v) is 3.77. The van der Waals surface area contributed by atoms with Gasteiger partial charge in [-0.1, -0.05) is 27.2 Å². The maximum absolute atomic E-state index is 12.4. The molecule has 2 aliphatic rings. The Bertz CT molecular complexity index is 277. The van der Waals surface area contributed by atoms with Crippen LogP contribution in [0.2, 0.25) is 0 Å². The number of esters is 1. The molecule has 0 N–H and O–H groups in total. The summed E-state index contributed by atoms with van der Waals surface area (Å²) < 4.78 is 5.72. The topological polar surface area (TPSA) is 26.3 Å². The highest BCUT2D eigenvalue weighted by Crippen LogP contribution is 2.44. The van der Waals surface area contributed by atoms with E-state index in [-0.39, 0.29) is 23.4 Å². The molecular weight excluding hydrogens is 212 g/mol. The molecule has 2 heteroatoms. The number of rotatable bonds is 2. The Hall–Kier alpha value is -0.530. The molecule has 0 unspecified atom stereocenters. The van der Waals surface area contributed by atoms with E-state index in [0.29, 0.717) is 5.92 Å². The molecule has 0 amide bonds. The molecule has 0 heterocycles. The van der Waals surface area contributed by atoms with Crippen LogP contribution in [0.4, 0.5) is 0 Å². The summed E-state index contributed by atoms with van der Waals surface area (Å²) in [6, 6.07) is 0. The van der Waals surface area contributed by atoms with Crippen LogP contribution in [0.1, 0.15) is 65.7 Å². The Morgan fingerprint density at radius 3 is 2.35 bits per heavy atom. The van der Waals surface area contributed by atoms with Gasteiger partial charge in [-0.15, -0.1) is 0 Å². The predicted molar refractivity (Wildman–Crippen MR) is 68.6 cm³/mol. The summed E-state index contributed by atoms with van der Waals surface area (Å²) in [5.74, 6) is 0.665. The van der Waals surface area contributed by atoms with Gasteiger partial charge in [0.2, 0.25) is 0 Å². The van der Waals surface area contributed by atoms with Gasteiger partial charge in [-0.25, -0.2) is 0 Å². The van der Waals surface area contributed by atoms with Gasteiger partial charge in [0, 0.05) is 0 Å². The molecule has 2 nitrogen and oxygen atoms in total. The first-order valence-electron chi connectivity index (χ1n) is 7.21. The van der Waals surface area contributed by atoms with Gasteiger partial charge in [0.1, 0.15) is 6.10 Å². The van der Waals surface area contributed by atoms with Crippen molar-refractivity contribution < 1.29 is 9.53 Å². The molecule has 0 radical (unpaired) electrons. The van der Waals surface area contributed by atoms with E-state index in [1.54, 1.807) is 0 Å². The van der Waals surface area contributed by atoms with Crippen molar-refractivity contribution in [3.63, 3.8) is 0 Å². The quantitative estimate of drug-likeness (QED) is 0.681. The average Bonchev–Trinajstić information content (AvgIpc) is 2.68. The van der Waals surface area contributed by atoms with Crippen LogP contribution < -0.4 is 0 Å². The second-order valence-corrected chi connectivity index (χ2v) is 6.68. The summed E-state index contributed by atoms with van der Waals surface area (Å²) >= 11 is 0. The van der Waals surface area contributed by atoms with Crippen LogP contribution in [-0.4, -0.2) is 12.1 Å². The summed E-state index contributed by atoms with van der Waals surface area (Å²) in [6.07, 6.45) is 8.40. The zero-order chi connectivity index (χ0) is 12.5. The molecule has 98 valence electrons. The molecule has 2 aliphatic carbocycles. The number of carbonyl (C=O) groups excluding carboxylic acids is 1. The van der Waals surface area contributed by atoms with Gasteiger partial charge in [0.25, 0.3) is 0 Å². The number of hydrogen-bond acceptors (Lipinski definition) is 2. The lowest BCUT2D eigenvalue weighted by molar-refractivity contribution is -0.162. The fourth-order valence-electron chi connectivity index (χ4n) is 3.77. The third kappa shape index (κ3) is 2.83. The number of hydrogen-bond donors (Lipinski definition) is 0. The zero-order valence-electron chi connectivity index (χ0n) is 11.5. The second-order valence-electron chi connectivity index (χ2n) is 6.68. The van der Waals surface area contributed by atoms with Crippen molar-refractivity contribution in [3.8, 4) is 0 Å². The summed E-state index contributed by atoms with van der Waals surface area (Å²) in [5.41, 5.74) is 0.118. The van der Waals surface area contributed by atoms with Crippen molar-refractivity contribution in [1.29, 1.82) is 0 Å². The van der Waals surface area contributed by atoms with Crippen molar-refractivity contribution in [2.45, 2.75) is 71.8 Å². The minimum absolute atomic E-state index is 0.0779. The highest BCUT2D eigenvalue weighted by atomic mass is 16.5. The van der Waals surface area contributed by atoms with Gasteiger partial charge in [0.15, 0.2) is 0 Å². The van der Waals surface area contributed by atoms with E-state index in [4.69, 9.17) is 4.74 Å². The number of ether oxygens (including phenoxy) is 1. The van der Waals surface area contributed by atoms with Gasteiger partial charge in [0.05, 0.1) is 5.92 Å². The summed E-state index contributed by atoms with van der Waals surface area (Å²) in [4.78, 5) is 12.4. The van der Waals surface area contributed by atoms with Gasteiger partial charge < -0.3 is 4.74 Å². The van der Waals surface area contributed by atoms with Crippen LogP contribution in [0.25, 0.3) is 0 Å². The van der Waals surface area contributed by atoms with E-state index in [1.807, 2.05) is 0 Å². The van der Waals surface area contributed by atoms with Crippen molar-refractivity contribution in [3.05, 3.63) is 0 Å². The first-order chi connectivity index (χ1) is 8.00. The van der Waals surface area contributed by atoms with Gasteiger partial charge in [-0.2, -0.15) is 0 Å². The van der Waals surface area contributed by atoms with Crippen LogP contribution in [-0.2, 0) is 9.53 Å². The standard InChI is InChI=1S/C15H26O2/c1-11-7-6-10-15(2,3)13(11)14(16)17-12-8-4-5-9-12/h11-13H,4-10H2,1-3H3/t11-,13-/m0/s1. The Kier molecular flexibility index (Phi) is 3.79. The van der Waals surface area contributed by atoms with Crippen LogP contribution in [0.5, 0.6) is 0 Å². The van der Waals surface area contributed by atoms with Gasteiger partial charge in [-0.3, -0.25) is 4.79 Å². The average molecular weight is 238 g/mol. The molecule has 2 saturated carbocycles. The molecule has 0 aromatic heterocycles. The van der Waals surface area contributed by atoms with Crippen LogP contribution >= 0.6 is 0 Å². The molecule has 0 aliphatic heterocycles. The predicted octanol–water partition coefficient (Wildman–Crippen LogP) is 3.93. The van der Waals surface area contributed by atoms with Crippen molar-refractivity contribution in [2.24, 2.45) is 17.3 Å². The van der Waals surface area contributed by atoms with E-state index in [0.717, 1.165) is 19.3 Å². The molecule has 0 aromatic carbocycles. The summed E-state index contributed by atoms with van der Waals surface area (Å²) in [6.45, 7) is 6.66. The molecule has 0 aromatic rings. The van der Waals surface area contributed by atoms with E-state index >= 15 is 0 Å². The first kappa shape index (κ1) is 12.9. The minimum atomic E-state index is 0.0779. The molecule has 2 rings (SSSR count). The van der Waals surface area contributed by atoms with Crippen molar-refractivity contribution in [2.75, 3.05) is 0 Å². The van der Waals surface area contributed by atoms with E-state index in [2.05, 4.69) is 20.8 Å². The monoisotopic (exact) mass is 238 g/mol. The zero-order valence-corrected chi connectivity index (χ0v) is 11.5. The highest BCUT2D eigenvalue weighted by Gasteiger charge is 2.43. The first-order valence-corrected chi connectivity index (χ1v) is 7.21. The molecular formula is C15H26O2. The molecule has 17 heavy (non-hydrogen) atoms. The van der Waals surface area contributed by atoms with Crippen LogP contribution in [0.3, 0.4) is 0 Å². The molecule has 2 fully saturated rings. The molecule has 0 saturated heterocycles. The smallest absolute Gasteiger partial charge is 0.310 e. The maximum Gasteiger partial charge on any atom is 0.310 e. The summed E-state index contributed by atoms with van der Waals surface area (Å²) in [5, 5.41) is 0. The third-order valence-electron chi connectivity index (χ3n) is 4.73. The van der Waals surface area contributed by atoms with E-state index < -0.39 is 0 Å². The second kappa shape index (κ2) is 4.99. The third-order valence-corrected chi connectivity index (χ3v) is 4.73. The maximum atomic E-state index is 12.4. The van der Waals surface area contributed by atoms with Gasteiger partial charge in [-0.05, 0) is 49.9 Å². The van der Waals surface area contributed by atoms with Crippen LogP contribution in [0.15, 0.2) is 0 Å². The van der Waals surface area contributed by atoms with E-state index in [1.165, 1.54) is 25.7 Å². The fraction of sp³-hybridized carbons (Fsp3) is 0.933. The normalized spacial score (nSPS) is 33.6. The Labute approximate surface area is 105 Å². The Morgan fingerprint density at radius 1 is 1.12 bits per heavy atom. The van der Waals surface area contributed by atoms with Gasteiger partial charge >= 0.3 is 5.97 Å². The lowest BCUT2D eigenvalue weighted by Crippen LogP contribution is -2.41. The van der Waals surface area contributed by atoms with E-state index in [9.17, 15) is 4.79 Å². The SMILES string of the molecule is C[C@H]1CCCC(C)(C)[C@@H]1C(=O)OC1CCCC1. The van der Waals surface area contributed by atoms with Crippen LogP contribution in [0, 0.1) is 17.3 Å². The van der Waals surface area contributed by atoms with Crippen molar-refractivity contribution >= 4 is 5.97 Å². The Balaban J connectivity index is 1.99. The van der Waals surface area contributed by atoms with Crippen molar-refractivity contribution in [1.82, 2.24) is 0 Å². The largest absolute Gasteiger partial charge is 0.462 e. The number of carbonyl (C=O) groups is 1. The molecule has 2 atom stereocenters. The Morgan fingerprint density at radius 2 is 1.76 bits per heavy atom. The minimum Gasteiger partial charge on any atom is -0.462 e. The molecule has 0 bridgehead atoms. The highest BCUT2D eigenvalue weighted by molar-refractivity contribution is 5.74. The lowest BCUT2D eigenvalue weighted by atomic mass is 9.64.